The van der Waals surface area contributed by atoms with Crippen LogP contribution in [0, 0.1) is 5.92 Å². The number of aliphatic imine (C=N–C) groups is 1. The number of aromatic nitrogens is 3. The standard InChI is InChI=1S/C14H19N5/c1-10-3-4-11(7-15-10)8-16-13-12-5-6-19(2)14(12)18-9-17-13/h5-6,8-11,15H,3-4,7H2,1-2H3/t10-,11?/m0/s1. The predicted molar refractivity (Wildman–Crippen MR) is 76.8 cm³/mol. The van der Waals surface area contributed by atoms with E-state index >= 15 is 0 Å². The van der Waals surface area contributed by atoms with Gasteiger partial charge in [0, 0.05) is 38.0 Å². The van der Waals surface area contributed by atoms with Gasteiger partial charge in [-0.1, -0.05) is 0 Å². The predicted octanol–water partition coefficient (Wildman–Crippen LogP) is 2.06. The maximum absolute atomic E-state index is 4.57. The van der Waals surface area contributed by atoms with E-state index in [1.807, 2.05) is 30.1 Å². The minimum absolute atomic E-state index is 0.505. The lowest BCUT2D eigenvalue weighted by Gasteiger charge is -2.24. The fraction of sp³-hybridized carbons (Fsp3) is 0.500. The summed E-state index contributed by atoms with van der Waals surface area (Å²) < 4.78 is 1.99. The van der Waals surface area contributed by atoms with Gasteiger partial charge in [-0.25, -0.2) is 15.0 Å². The van der Waals surface area contributed by atoms with Gasteiger partial charge in [0.1, 0.15) is 12.0 Å². The number of hydrogen-bond donors (Lipinski definition) is 1. The molecule has 1 fully saturated rings. The van der Waals surface area contributed by atoms with Crippen LogP contribution in [0.1, 0.15) is 19.8 Å². The van der Waals surface area contributed by atoms with Crippen molar-refractivity contribution in [2.75, 3.05) is 6.54 Å². The highest BCUT2D eigenvalue weighted by Gasteiger charge is 2.15. The van der Waals surface area contributed by atoms with Crippen LogP contribution in [-0.4, -0.2) is 33.3 Å². The highest BCUT2D eigenvalue weighted by Crippen LogP contribution is 2.22. The second kappa shape index (κ2) is 5.09. The molecule has 1 aliphatic heterocycles. The molecule has 1 unspecified atom stereocenters. The molecule has 2 aromatic rings. The van der Waals surface area contributed by atoms with Gasteiger partial charge in [0.25, 0.3) is 0 Å². The van der Waals surface area contributed by atoms with Crippen molar-refractivity contribution in [1.29, 1.82) is 0 Å². The van der Waals surface area contributed by atoms with Crippen LogP contribution in [0.2, 0.25) is 0 Å². The van der Waals surface area contributed by atoms with Gasteiger partial charge < -0.3 is 9.88 Å². The minimum atomic E-state index is 0.505. The lowest BCUT2D eigenvalue weighted by atomic mass is 9.97. The van der Waals surface area contributed by atoms with Crippen LogP contribution >= 0.6 is 0 Å². The second-order valence-corrected chi connectivity index (χ2v) is 5.29. The van der Waals surface area contributed by atoms with Crippen LogP contribution in [0.5, 0.6) is 0 Å². The number of rotatable bonds is 2. The highest BCUT2D eigenvalue weighted by molar-refractivity contribution is 5.87. The number of aryl methyl sites for hydroxylation is 1. The number of nitrogens with one attached hydrogen (secondary N) is 1. The molecule has 1 aliphatic rings. The van der Waals surface area contributed by atoms with Crippen molar-refractivity contribution in [3.05, 3.63) is 18.6 Å². The van der Waals surface area contributed by atoms with E-state index in [9.17, 15) is 0 Å². The van der Waals surface area contributed by atoms with Gasteiger partial charge in [0.05, 0.1) is 5.39 Å². The molecule has 3 rings (SSSR count). The molecule has 0 saturated carbocycles. The zero-order chi connectivity index (χ0) is 13.2. The van der Waals surface area contributed by atoms with E-state index in [1.54, 1.807) is 6.33 Å². The molecule has 19 heavy (non-hydrogen) atoms. The Morgan fingerprint density at radius 2 is 2.32 bits per heavy atom. The average Bonchev–Trinajstić information content (AvgIpc) is 2.81. The molecule has 2 aromatic heterocycles. The van der Waals surface area contributed by atoms with Crippen molar-refractivity contribution in [1.82, 2.24) is 19.9 Å². The quantitative estimate of drug-likeness (QED) is 0.838. The average molecular weight is 257 g/mol. The zero-order valence-electron chi connectivity index (χ0n) is 11.4. The first kappa shape index (κ1) is 12.3. The third-order valence-corrected chi connectivity index (χ3v) is 3.75. The van der Waals surface area contributed by atoms with Gasteiger partial charge in [-0.05, 0) is 25.8 Å². The Kier molecular flexibility index (Phi) is 3.29. The van der Waals surface area contributed by atoms with Crippen molar-refractivity contribution < 1.29 is 0 Å². The van der Waals surface area contributed by atoms with Crippen molar-refractivity contribution >= 4 is 23.1 Å². The van der Waals surface area contributed by atoms with E-state index in [-0.39, 0.29) is 0 Å². The summed E-state index contributed by atoms with van der Waals surface area (Å²) in [5.41, 5.74) is 0.928. The molecular formula is C14H19N5. The largest absolute Gasteiger partial charge is 0.335 e. The normalized spacial score (nSPS) is 24.3. The van der Waals surface area contributed by atoms with Crippen LogP contribution in [0.15, 0.2) is 23.6 Å². The topological polar surface area (TPSA) is 55.1 Å². The van der Waals surface area contributed by atoms with Gasteiger partial charge in [-0.2, -0.15) is 0 Å². The summed E-state index contributed by atoms with van der Waals surface area (Å²) in [5.74, 6) is 1.27. The van der Waals surface area contributed by atoms with E-state index in [1.165, 1.54) is 12.8 Å². The Morgan fingerprint density at radius 3 is 3.11 bits per heavy atom. The lowest BCUT2D eigenvalue weighted by Crippen LogP contribution is -2.37. The molecule has 0 bridgehead atoms. The fourth-order valence-corrected chi connectivity index (χ4v) is 2.49. The van der Waals surface area contributed by atoms with E-state index in [0.717, 1.165) is 23.4 Å². The molecule has 5 heteroatoms. The van der Waals surface area contributed by atoms with Gasteiger partial charge in [-0.3, -0.25) is 0 Å². The maximum atomic E-state index is 4.57. The summed E-state index contributed by atoms with van der Waals surface area (Å²) in [6, 6.07) is 2.65. The second-order valence-electron chi connectivity index (χ2n) is 5.29. The number of hydrogen-bond acceptors (Lipinski definition) is 4. The molecule has 0 spiro atoms. The molecule has 0 amide bonds. The molecule has 2 atom stereocenters. The number of piperidine rings is 1. The Bertz CT molecular complexity index is 593. The number of fused-ring (bicyclic) bond motifs is 1. The number of nitrogens with zero attached hydrogens (tertiary/aromatic N) is 4. The van der Waals surface area contributed by atoms with Gasteiger partial charge >= 0.3 is 0 Å². The molecule has 5 nitrogen and oxygen atoms in total. The third kappa shape index (κ3) is 2.51. The van der Waals surface area contributed by atoms with E-state index in [0.29, 0.717) is 12.0 Å². The lowest BCUT2D eigenvalue weighted by molar-refractivity contribution is 0.385. The van der Waals surface area contributed by atoms with Gasteiger partial charge in [0.2, 0.25) is 0 Å². The van der Waals surface area contributed by atoms with Gasteiger partial charge in [-0.15, -0.1) is 0 Å². The Balaban J connectivity index is 1.81. The van der Waals surface area contributed by atoms with Gasteiger partial charge in [0.15, 0.2) is 5.82 Å². The summed E-state index contributed by atoms with van der Waals surface area (Å²) in [7, 11) is 1.98. The van der Waals surface area contributed by atoms with E-state index in [4.69, 9.17) is 0 Å². The first-order valence-electron chi connectivity index (χ1n) is 6.77. The Labute approximate surface area is 112 Å². The van der Waals surface area contributed by atoms with Crippen molar-refractivity contribution in [3.63, 3.8) is 0 Å². The van der Waals surface area contributed by atoms with Crippen molar-refractivity contribution in [2.24, 2.45) is 18.0 Å². The minimum Gasteiger partial charge on any atom is -0.335 e. The molecular weight excluding hydrogens is 238 g/mol. The summed E-state index contributed by atoms with van der Waals surface area (Å²) in [6.07, 6.45) is 8.01. The first-order chi connectivity index (χ1) is 9.24. The Morgan fingerprint density at radius 1 is 1.42 bits per heavy atom. The summed E-state index contributed by atoms with van der Waals surface area (Å²) >= 11 is 0. The Hall–Kier alpha value is -1.75. The molecule has 0 radical (unpaired) electrons. The summed E-state index contributed by atoms with van der Waals surface area (Å²) in [5, 5.41) is 4.49. The summed E-state index contributed by atoms with van der Waals surface area (Å²) in [4.78, 5) is 13.1. The molecule has 0 aromatic carbocycles. The van der Waals surface area contributed by atoms with Crippen molar-refractivity contribution in [3.8, 4) is 0 Å². The fourth-order valence-electron chi connectivity index (χ4n) is 2.49. The van der Waals surface area contributed by atoms with Crippen LogP contribution in [-0.2, 0) is 7.05 Å². The molecule has 100 valence electrons. The molecule has 1 saturated heterocycles. The van der Waals surface area contributed by atoms with Crippen LogP contribution in [0.25, 0.3) is 11.0 Å². The third-order valence-electron chi connectivity index (χ3n) is 3.75. The smallest absolute Gasteiger partial charge is 0.164 e. The van der Waals surface area contributed by atoms with Crippen LogP contribution < -0.4 is 5.32 Å². The summed E-state index contributed by atoms with van der Waals surface area (Å²) in [6.45, 7) is 3.24. The van der Waals surface area contributed by atoms with E-state index < -0.39 is 0 Å². The van der Waals surface area contributed by atoms with E-state index in [2.05, 4.69) is 27.2 Å². The highest BCUT2D eigenvalue weighted by atomic mass is 15.0. The maximum Gasteiger partial charge on any atom is 0.164 e. The molecule has 0 aliphatic carbocycles. The molecule has 3 heterocycles. The van der Waals surface area contributed by atoms with Crippen molar-refractivity contribution in [2.45, 2.75) is 25.8 Å². The molecule has 1 N–H and O–H groups in total. The first-order valence-corrected chi connectivity index (χ1v) is 6.77. The SMILES string of the molecule is C[C@H]1CCC(C=Nc2ncnc3c2ccn3C)CN1. The monoisotopic (exact) mass is 257 g/mol. The van der Waals surface area contributed by atoms with Crippen LogP contribution in [0.3, 0.4) is 0 Å². The zero-order valence-corrected chi connectivity index (χ0v) is 11.4. The van der Waals surface area contributed by atoms with Crippen LogP contribution in [0.4, 0.5) is 5.82 Å².